The zero-order chi connectivity index (χ0) is 18.0. The first kappa shape index (κ1) is 16.9. The molecule has 7 nitrogen and oxygen atoms in total. The normalized spacial score (nSPS) is 16.8. The highest BCUT2D eigenvalue weighted by molar-refractivity contribution is 6.30. The number of non-ortho nitro benzene ring substituents is 1. The number of nitro benzene ring substituents is 1. The Morgan fingerprint density at radius 3 is 2.60 bits per heavy atom. The average Bonchev–Trinajstić information content (AvgIpc) is 2.97. The topological polar surface area (TPSA) is 89.7 Å². The van der Waals surface area contributed by atoms with Crippen LogP contribution in [0.25, 0.3) is 0 Å². The standard InChI is InChI=1S/C17H13ClN2O5/c18-12-2-1-3-14(9-12)19-10-11(8-16(19)21)17(22)25-15-6-4-13(5-7-15)20(23)24/h1-7,9,11H,8,10H2. The molecule has 1 saturated heterocycles. The Balaban J connectivity index is 1.67. The zero-order valence-corrected chi connectivity index (χ0v) is 13.7. The smallest absolute Gasteiger partial charge is 0.316 e. The molecule has 1 atom stereocenters. The number of carbonyl (C=O) groups excluding carboxylic acids is 2. The van der Waals surface area contributed by atoms with Crippen molar-refractivity contribution >= 4 is 34.9 Å². The van der Waals surface area contributed by atoms with Crippen molar-refractivity contribution in [2.75, 3.05) is 11.4 Å². The van der Waals surface area contributed by atoms with Crippen LogP contribution in [-0.2, 0) is 9.59 Å². The Kier molecular flexibility index (Phi) is 4.67. The maximum atomic E-state index is 12.3. The van der Waals surface area contributed by atoms with E-state index in [1.807, 2.05) is 0 Å². The molecule has 25 heavy (non-hydrogen) atoms. The fourth-order valence-electron chi connectivity index (χ4n) is 2.59. The van der Waals surface area contributed by atoms with Crippen LogP contribution in [0.5, 0.6) is 5.75 Å². The van der Waals surface area contributed by atoms with Crippen molar-refractivity contribution in [3.63, 3.8) is 0 Å². The van der Waals surface area contributed by atoms with Crippen molar-refractivity contribution in [1.29, 1.82) is 0 Å². The van der Waals surface area contributed by atoms with Crippen molar-refractivity contribution < 1.29 is 19.2 Å². The molecule has 1 unspecified atom stereocenters. The van der Waals surface area contributed by atoms with Gasteiger partial charge in [-0.1, -0.05) is 17.7 Å². The summed E-state index contributed by atoms with van der Waals surface area (Å²) < 4.78 is 5.22. The van der Waals surface area contributed by atoms with Crippen LogP contribution in [0.4, 0.5) is 11.4 Å². The van der Waals surface area contributed by atoms with Gasteiger partial charge in [-0.25, -0.2) is 0 Å². The summed E-state index contributed by atoms with van der Waals surface area (Å²) in [6, 6.07) is 12.0. The predicted octanol–water partition coefficient (Wildman–Crippen LogP) is 3.21. The summed E-state index contributed by atoms with van der Waals surface area (Å²) in [5.74, 6) is -1.15. The average molecular weight is 361 g/mol. The van der Waals surface area contributed by atoms with Crippen LogP contribution < -0.4 is 9.64 Å². The summed E-state index contributed by atoms with van der Waals surface area (Å²) in [6.07, 6.45) is 0.0400. The molecular weight excluding hydrogens is 348 g/mol. The third kappa shape index (κ3) is 3.77. The number of amides is 1. The molecule has 1 heterocycles. The van der Waals surface area contributed by atoms with Crippen LogP contribution >= 0.6 is 11.6 Å². The maximum absolute atomic E-state index is 12.3. The van der Waals surface area contributed by atoms with E-state index in [0.29, 0.717) is 10.7 Å². The lowest BCUT2D eigenvalue weighted by molar-refractivity contribution is -0.384. The predicted molar refractivity (Wildman–Crippen MR) is 90.6 cm³/mol. The summed E-state index contributed by atoms with van der Waals surface area (Å²) in [6.45, 7) is 0.199. The second-order valence-corrected chi connectivity index (χ2v) is 5.99. The van der Waals surface area contributed by atoms with Gasteiger partial charge in [-0.2, -0.15) is 0 Å². The van der Waals surface area contributed by atoms with Crippen molar-refractivity contribution in [3.05, 3.63) is 63.7 Å². The third-order valence-electron chi connectivity index (χ3n) is 3.84. The molecule has 0 spiro atoms. The van der Waals surface area contributed by atoms with Gasteiger partial charge >= 0.3 is 5.97 Å². The Hall–Kier alpha value is -2.93. The lowest BCUT2D eigenvalue weighted by Crippen LogP contribution is -2.27. The van der Waals surface area contributed by atoms with Gasteiger partial charge in [-0.05, 0) is 30.3 Å². The second-order valence-electron chi connectivity index (χ2n) is 5.56. The van der Waals surface area contributed by atoms with Gasteiger partial charge in [0.25, 0.3) is 5.69 Å². The zero-order valence-electron chi connectivity index (χ0n) is 12.9. The molecule has 0 aliphatic carbocycles. The van der Waals surface area contributed by atoms with E-state index in [2.05, 4.69) is 0 Å². The minimum absolute atomic E-state index is 0.0400. The van der Waals surface area contributed by atoms with E-state index in [4.69, 9.17) is 16.3 Å². The Bertz CT molecular complexity index is 837. The molecule has 1 aliphatic heterocycles. The minimum atomic E-state index is -0.610. The quantitative estimate of drug-likeness (QED) is 0.361. The van der Waals surface area contributed by atoms with Gasteiger partial charge in [-0.15, -0.1) is 0 Å². The van der Waals surface area contributed by atoms with Crippen LogP contribution in [-0.4, -0.2) is 23.3 Å². The van der Waals surface area contributed by atoms with E-state index in [9.17, 15) is 19.7 Å². The van der Waals surface area contributed by atoms with Gasteiger partial charge in [0.05, 0.1) is 10.8 Å². The fourth-order valence-corrected chi connectivity index (χ4v) is 2.78. The largest absolute Gasteiger partial charge is 0.426 e. The lowest BCUT2D eigenvalue weighted by atomic mass is 10.1. The molecule has 8 heteroatoms. The summed E-state index contributed by atoms with van der Waals surface area (Å²) in [5.41, 5.74) is 0.533. The van der Waals surface area contributed by atoms with Gasteiger partial charge in [0, 0.05) is 35.8 Å². The molecule has 3 rings (SSSR count). The van der Waals surface area contributed by atoms with Crippen LogP contribution in [0.15, 0.2) is 48.5 Å². The van der Waals surface area contributed by atoms with Gasteiger partial charge in [-0.3, -0.25) is 19.7 Å². The molecule has 1 aliphatic rings. The Morgan fingerprint density at radius 1 is 1.24 bits per heavy atom. The molecule has 1 fully saturated rings. The first-order valence-corrected chi connectivity index (χ1v) is 7.84. The molecule has 1 amide bonds. The SMILES string of the molecule is O=C(Oc1ccc([N+](=O)[O-])cc1)C1CC(=O)N(c2cccc(Cl)c2)C1. The molecule has 0 saturated carbocycles. The van der Waals surface area contributed by atoms with Crippen LogP contribution in [0.3, 0.4) is 0 Å². The number of rotatable bonds is 4. The monoisotopic (exact) mass is 360 g/mol. The van der Waals surface area contributed by atoms with Gasteiger partial charge in [0.1, 0.15) is 5.75 Å². The molecule has 0 aromatic heterocycles. The fraction of sp³-hybridized carbons (Fsp3) is 0.176. The van der Waals surface area contributed by atoms with Crippen molar-refractivity contribution in [3.8, 4) is 5.75 Å². The number of carbonyl (C=O) groups is 2. The number of nitro groups is 1. The first-order chi connectivity index (χ1) is 11.9. The van der Waals surface area contributed by atoms with E-state index in [0.717, 1.165) is 0 Å². The molecule has 128 valence electrons. The van der Waals surface area contributed by atoms with E-state index in [-0.39, 0.29) is 30.3 Å². The summed E-state index contributed by atoms with van der Waals surface area (Å²) in [4.78, 5) is 36.0. The maximum Gasteiger partial charge on any atom is 0.316 e. The number of esters is 1. The number of anilines is 1. The van der Waals surface area contributed by atoms with Crippen LogP contribution in [0, 0.1) is 16.0 Å². The third-order valence-corrected chi connectivity index (χ3v) is 4.08. The van der Waals surface area contributed by atoms with Crippen molar-refractivity contribution in [2.24, 2.45) is 5.92 Å². The number of ether oxygens (including phenoxy) is 1. The highest BCUT2D eigenvalue weighted by Crippen LogP contribution is 2.28. The molecule has 0 N–H and O–H groups in total. The van der Waals surface area contributed by atoms with E-state index >= 15 is 0 Å². The Morgan fingerprint density at radius 2 is 1.96 bits per heavy atom. The molecule has 2 aromatic carbocycles. The summed E-state index contributed by atoms with van der Waals surface area (Å²) in [7, 11) is 0. The second kappa shape index (κ2) is 6.90. The van der Waals surface area contributed by atoms with E-state index in [1.54, 1.807) is 24.3 Å². The van der Waals surface area contributed by atoms with Gasteiger partial charge in [0.15, 0.2) is 0 Å². The number of benzene rings is 2. The van der Waals surface area contributed by atoms with Gasteiger partial charge in [0.2, 0.25) is 5.91 Å². The summed E-state index contributed by atoms with van der Waals surface area (Å²) in [5, 5.41) is 11.1. The van der Waals surface area contributed by atoms with Gasteiger partial charge < -0.3 is 9.64 Å². The molecule has 0 bridgehead atoms. The number of halogens is 1. The number of hydrogen-bond acceptors (Lipinski definition) is 5. The highest BCUT2D eigenvalue weighted by atomic mass is 35.5. The minimum Gasteiger partial charge on any atom is -0.426 e. The lowest BCUT2D eigenvalue weighted by Gasteiger charge is -2.16. The van der Waals surface area contributed by atoms with Crippen LogP contribution in [0.2, 0.25) is 5.02 Å². The number of nitrogens with zero attached hydrogens (tertiary/aromatic N) is 2. The molecule has 0 radical (unpaired) electrons. The Labute approximate surface area is 147 Å². The molecule has 2 aromatic rings. The van der Waals surface area contributed by atoms with E-state index < -0.39 is 16.8 Å². The van der Waals surface area contributed by atoms with Crippen molar-refractivity contribution in [1.82, 2.24) is 0 Å². The highest BCUT2D eigenvalue weighted by Gasteiger charge is 2.36. The van der Waals surface area contributed by atoms with Crippen molar-refractivity contribution in [2.45, 2.75) is 6.42 Å². The van der Waals surface area contributed by atoms with E-state index in [1.165, 1.54) is 29.2 Å². The van der Waals surface area contributed by atoms with Crippen LogP contribution in [0.1, 0.15) is 6.42 Å². The molecular formula is C17H13ClN2O5. The number of hydrogen-bond donors (Lipinski definition) is 0. The summed E-state index contributed by atoms with van der Waals surface area (Å²) >= 11 is 5.93. The first-order valence-electron chi connectivity index (χ1n) is 7.46.